The molecule has 4 atom stereocenters. The number of halogens is 6. The number of carbonyl (C=O) groups excluding carboxylic acids is 1. The molecular formula is C26H26F6N2O2. The molecule has 3 aliphatic heterocycles. The third-order valence-corrected chi connectivity index (χ3v) is 7.63. The molecule has 194 valence electrons. The molecule has 0 saturated carbocycles. The monoisotopic (exact) mass is 512 g/mol. The number of likely N-dealkylation sites (tertiary alicyclic amines) is 1. The summed E-state index contributed by atoms with van der Waals surface area (Å²) in [5, 5.41) is 3.58. The van der Waals surface area contributed by atoms with Gasteiger partial charge >= 0.3 is 12.4 Å². The second kappa shape index (κ2) is 9.06. The number of nitrogens with zero attached hydrogens (tertiary/aromatic N) is 1. The summed E-state index contributed by atoms with van der Waals surface area (Å²) < 4.78 is 85.9. The molecule has 4 nitrogen and oxygen atoms in total. The van der Waals surface area contributed by atoms with Crippen molar-refractivity contribution < 1.29 is 35.9 Å². The molecule has 5 rings (SSSR count). The number of fused-ring (bicyclic) bond motifs is 2. The van der Waals surface area contributed by atoms with Gasteiger partial charge in [-0.05, 0) is 55.0 Å². The van der Waals surface area contributed by atoms with Crippen LogP contribution >= 0.6 is 0 Å². The van der Waals surface area contributed by atoms with Crippen LogP contribution in [0.2, 0.25) is 0 Å². The van der Waals surface area contributed by atoms with Gasteiger partial charge in [0.2, 0.25) is 5.91 Å². The van der Waals surface area contributed by atoms with Crippen LogP contribution < -0.4 is 5.32 Å². The number of amides is 1. The fraction of sp³-hybridized carbons (Fsp3) is 0.500. The first-order valence-corrected chi connectivity index (χ1v) is 12.0. The largest absolute Gasteiger partial charge is 0.416 e. The quantitative estimate of drug-likeness (QED) is 0.538. The molecule has 0 aromatic heterocycles. The van der Waals surface area contributed by atoms with Gasteiger partial charge in [0.15, 0.2) is 0 Å². The summed E-state index contributed by atoms with van der Waals surface area (Å²) in [5.74, 6) is -0.172. The minimum atomic E-state index is -4.92. The fourth-order valence-electron chi connectivity index (χ4n) is 5.73. The van der Waals surface area contributed by atoms with Crippen LogP contribution in [0.15, 0.2) is 48.5 Å². The van der Waals surface area contributed by atoms with E-state index in [1.807, 2.05) is 35.2 Å². The van der Waals surface area contributed by atoms with E-state index in [0.717, 1.165) is 25.1 Å². The van der Waals surface area contributed by atoms with Crippen molar-refractivity contribution in [1.82, 2.24) is 10.2 Å². The normalized spacial score (nSPS) is 28.2. The highest BCUT2D eigenvalue weighted by atomic mass is 19.4. The number of nitrogens with one attached hydrogen (secondary N) is 1. The number of carbonyl (C=O) groups is 1. The van der Waals surface area contributed by atoms with Crippen LogP contribution in [0.25, 0.3) is 0 Å². The Bertz CT molecular complexity index is 1080. The zero-order chi connectivity index (χ0) is 25.7. The molecule has 3 saturated heterocycles. The predicted molar refractivity (Wildman–Crippen MR) is 119 cm³/mol. The summed E-state index contributed by atoms with van der Waals surface area (Å²) in [6, 6.07) is 10.9. The maximum atomic E-state index is 13.3. The Hall–Kier alpha value is -2.59. The van der Waals surface area contributed by atoms with E-state index >= 15 is 0 Å². The SMILES string of the molecule is O=C(C1CC2(c3ccccc3)NC1CCC2OCc1cc(C(F)(F)F)cc(C(F)(F)F)c1)N1CCC1. The minimum Gasteiger partial charge on any atom is -0.371 e. The molecule has 3 heterocycles. The molecule has 0 aliphatic carbocycles. The van der Waals surface area contributed by atoms with Gasteiger partial charge in [-0.25, -0.2) is 0 Å². The Labute approximate surface area is 204 Å². The first-order chi connectivity index (χ1) is 17.0. The highest BCUT2D eigenvalue weighted by Gasteiger charge is 2.56. The molecule has 3 fully saturated rings. The molecule has 0 spiro atoms. The van der Waals surface area contributed by atoms with Crippen molar-refractivity contribution >= 4 is 5.91 Å². The Morgan fingerprint density at radius 2 is 1.61 bits per heavy atom. The predicted octanol–water partition coefficient (Wildman–Crippen LogP) is 5.51. The number of ether oxygens (including phenoxy) is 1. The lowest BCUT2D eigenvalue weighted by atomic mass is 9.80. The molecule has 1 amide bonds. The lowest BCUT2D eigenvalue weighted by molar-refractivity contribution is -0.143. The first kappa shape index (κ1) is 25.1. The Morgan fingerprint density at radius 1 is 0.972 bits per heavy atom. The lowest BCUT2D eigenvalue weighted by Crippen LogP contribution is -2.54. The van der Waals surface area contributed by atoms with Gasteiger partial charge in [-0.2, -0.15) is 26.3 Å². The van der Waals surface area contributed by atoms with Crippen LogP contribution in [-0.4, -0.2) is 36.0 Å². The Morgan fingerprint density at radius 3 is 2.17 bits per heavy atom. The van der Waals surface area contributed by atoms with E-state index in [1.165, 1.54) is 0 Å². The lowest BCUT2D eigenvalue weighted by Gasteiger charge is -2.42. The van der Waals surface area contributed by atoms with Crippen molar-refractivity contribution in [2.75, 3.05) is 13.1 Å². The Kier molecular flexibility index (Phi) is 6.31. The summed E-state index contributed by atoms with van der Waals surface area (Å²) in [6.07, 6.45) is -7.79. The fourth-order valence-corrected chi connectivity index (χ4v) is 5.73. The number of benzene rings is 2. The van der Waals surface area contributed by atoms with E-state index in [-0.39, 0.29) is 29.5 Å². The number of piperidine rings is 1. The van der Waals surface area contributed by atoms with Crippen molar-refractivity contribution in [1.29, 1.82) is 0 Å². The van der Waals surface area contributed by atoms with Crippen LogP contribution in [-0.2, 0) is 34.0 Å². The number of alkyl halides is 6. The maximum Gasteiger partial charge on any atom is 0.416 e. The van der Waals surface area contributed by atoms with Crippen molar-refractivity contribution in [3.8, 4) is 0 Å². The van der Waals surface area contributed by atoms with Crippen molar-refractivity contribution in [2.45, 2.75) is 62.3 Å². The van der Waals surface area contributed by atoms with Crippen molar-refractivity contribution in [3.05, 3.63) is 70.8 Å². The average Bonchev–Trinajstić information content (AvgIpc) is 3.11. The van der Waals surface area contributed by atoms with Crippen LogP contribution in [0.3, 0.4) is 0 Å². The topological polar surface area (TPSA) is 41.6 Å². The van der Waals surface area contributed by atoms with Gasteiger partial charge in [-0.15, -0.1) is 0 Å². The Balaban J connectivity index is 1.43. The van der Waals surface area contributed by atoms with Crippen LogP contribution in [0.4, 0.5) is 26.3 Å². The molecule has 36 heavy (non-hydrogen) atoms. The van der Waals surface area contributed by atoms with Crippen LogP contribution in [0.1, 0.15) is 47.9 Å². The zero-order valence-electron chi connectivity index (χ0n) is 19.3. The van der Waals surface area contributed by atoms with Crippen LogP contribution in [0, 0.1) is 5.92 Å². The van der Waals surface area contributed by atoms with E-state index in [0.29, 0.717) is 31.4 Å². The van der Waals surface area contributed by atoms with Gasteiger partial charge in [-0.1, -0.05) is 30.3 Å². The molecule has 2 aromatic rings. The molecule has 2 bridgehead atoms. The third kappa shape index (κ3) is 4.61. The number of rotatable bonds is 5. The second-order valence-corrected chi connectivity index (χ2v) is 9.87. The smallest absolute Gasteiger partial charge is 0.371 e. The van der Waals surface area contributed by atoms with Gasteiger partial charge in [0.25, 0.3) is 0 Å². The molecule has 2 aromatic carbocycles. The van der Waals surface area contributed by atoms with Gasteiger partial charge in [0.1, 0.15) is 0 Å². The first-order valence-electron chi connectivity index (χ1n) is 12.0. The average molecular weight is 512 g/mol. The van der Waals surface area contributed by atoms with E-state index < -0.39 is 41.7 Å². The van der Waals surface area contributed by atoms with Gasteiger partial charge < -0.3 is 15.0 Å². The molecule has 4 unspecified atom stereocenters. The van der Waals surface area contributed by atoms with Gasteiger partial charge in [0, 0.05) is 19.1 Å². The summed E-state index contributed by atoms with van der Waals surface area (Å²) in [4.78, 5) is 15.0. The van der Waals surface area contributed by atoms with E-state index in [4.69, 9.17) is 4.74 Å². The summed E-state index contributed by atoms with van der Waals surface area (Å²) in [7, 11) is 0. The molecule has 0 radical (unpaired) electrons. The van der Waals surface area contributed by atoms with Gasteiger partial charge in [0.05, 0.1) is 35.3 Å². The second-order valence-electron chi connectivity index (χ2n) is 9.87. The van der Waals surface area contributed by atoms with Crippen LogP contribution in [0.5, 0.6) is 0 Å². The minimum absolute atomic E-state index is 0.0662. The number of hydrogen-bond donors (Lipinski definition) is 1. The standard InChI is InChI=1S/C26H26F6N2O2/c27-25(28,29)18-11-16(12-19(13-18)26(30,31)32)15-36-22-8-7-21-20(23(35)34-9-4-10-34)14-24(22,33-21)17-5-2-1-3-6-17/h1-3,5-6,11-13,20-22,33H,4,7-10,14-15H2. The van der Waals surface area contributed by atoms with Gasteiger partial charge in [-0.3, -0.25) is 4.79 Å². The van der Waals surface area contributed by atoms with E-state index in [9.17, 15) is 31.1 Å². The molecule has 10 heteroatoms. The van der Waals surface area contributed by atoms with Crippen molar-refractivity contribution in [3.63, 3.8) is 0 Å². The highest BCUT2D eigenvalue weighted by Crippen LogP contribution is 2.48. The third-order valence-electron chi connectivity index (χ3n) is 7.63. The molecule has 1 N–H and O–H groups in total. The van der Waals surface area contributed by atoms with E-state index in [1.54, 1.807) is 0 Å². The molecular weight excluding hydrogens is 486 g/mol. The summed E-state index contributed by atoms with van der Waals surface area (Å²) in [6.45, 7) is 1.05. The summed E-state index contributed by atoms with van der Waals surface area (Å²) >= 11 is 0. The highest BCUT2D eigenvalue weighted by molar-refractivity contribution is 5.81. The van der Waals surface area contributed by atoms with Crippen molar-refractivity contribution in [2.24, 2.45) is 5.92 Å². The van der Waals surface area contributed by atoms with E-state index in [2.05, 4.69) is 5.32 Å². The molecule has 3 aliphatic rings. The summed E-state index contributed by atoms with van der Waals surface area (Å²) in [5.41, 5.74) is -2.80. The number of hydrogen-bond acceptors (Lipinski definition) is 3. The zero-order valence-corrected chi connectivity index (χ0v) is 19.3. The maximum absolute atomic E-state index is 13.3.